The van der Waals surface area contributed by atoms with Gasteiger partial charge in [0.05, 0.1) is 5.02 Å². The molecule has 1 aliphatic heterocycles. The summed E-state index contributed by atoms with van der Waals surface area (Å²) < 4.78 is 13.2. The van der Waals surface area contributed by atoms with Crippen molar-refractivity contribution in [3.63, 3.8) is 0 Å². The first-order valence-electron chi connectivity index (χ1n) is 7.18. The van der Waals surface area contributed by atoms with Gasteiger partial charge in [-0.05, 0) is 30.0 Å². The number of benzene rings is 1. The van der Waals surface area contributed by atoms with E-state index in [4.69, 9.17) is 11.6 Å². The molecule has 2 atom stereocenters. The third kappa shape index (κ3) is 3.72. The molecule has 4 heteroatoms. The lowest BCUT2D eigenvalue weighted by atomic mass is 9.83. The molecular weight excluding hydrogens is 275 g/mol. The summed E-state index contributed by atoms with van der Waals surface area (Å²) in [6.07, 6.45) is 0. The number of nitrogens with one attached hydrogen (secondary N) is 1. The molecule has 1 N–H and O–H groups in total. The van der Waals surface area contributed by atoms with Crippen molar-refractivity contribution in [3.8, 4) is 0 Å². The largest absolute Gasteiger partial charge is 0.311 e. The normalized spacial score (nSPS) is 24.9. The quantitative estimate of drug-likeness (QED) is 0.896. The molecule has 1 heterocycles. The van der Waals surface area contributed by atoms with Crippen LogP contribution in [0.15, 0.2) is 18.2 Å². The molecule has 20 heavy (non-hydrogen) atoms. The Labute approximate surface area is 126 Å². The lowest BCUT2D eigenvalue weighted by Crippen LogP contribution is -2.59. The highest BCUT2D eigenvalue weighted by Crippen LogP contribution is 2.28. The molecule has 2 rings (SSSR count). The van der Waals surface area contributed by atoms with Crippen molar-refractivity contribution in [2.75, 3.05) is 13.1 Å². The van der Waals surface area contributed by atoms with E-state index in [0.717, 1.165) is 25.2 Å². The number of halogens is 2. The SMILES string of the molecule is CC1CN(Cc2ccc(F)c(Cl)c2)C(C(C)(C)C)CN1. The van der Waals surface area contributed by atoms with Gasteiger partial charge in [0.1, 0.15) is 5.82 Å². The van der Waals surface area contributed by atoms with E-state index >= 15 is 0 Å². The van der Waals surface area contributed by atoms with E-state index in [1.807, 2.05) is 6.07 Å². The minimum Gasteiger partial charge on any atom is -0.311 e. The molecule has 112 valence electrons. The standard InChI is InChI=1S/C16H24ClFN2/c1-11-9-20(15(8-19-11)16(2,3)4)10-12-5-6-14(18)13(17)7-12/h5-7,11,15,19H,8-10H2,1-4H3. The molecule has 2 nitrogen and oxygen atoms in total. The van der Waals surface area contributed by atoms with Gasteiger partial charge in [0.25, 0.3) is 0 Å². The molecule has 1 aliphatic rings. The lowest BCUT2D eigenvalue weighted by molar-refractivity contribution is 0.0526. The summed E-state index contributed by atoms with van der Waals surface area (Å²) in [5, 5.41) is 3.75. The summed E-state index contributed by atoms with van der Waals surface area (Å²) in [6, 6.07) is 5.96. The molecule has 1 fully saturated rings. The second kappa shape index (κ2) is 6.00. The van der Waals surface area contributed by atoms with Crippen molar-refractivity contribution in [2.24, 2.45) is 5.41 Å². The first kappa shape index (κ1) is 15.7. The zero-order valence-corrected chi connectivity index (χ0v) is 13.5. The van der Waals surface area contributed by atoms with Crippen LogP contribution in [0.1, 0.15) is 33.3 Å². The van der Waals surface area contributed by atoms with Gasteiger partial charge in [-0.2, -0.15) is 0 Å². The van der Waals surface area contributed by atoms with Gasteiger partial charge in [0, 0.05) is 31.7 Å². The van der Waals surface area contributed by atoms with Crippen molar-refractivity contribution >= 4 is 11.6 Å². The molecule has 1 saturated heterocycles. The molecule has 0 aliphatic carbocycles. The molecule has 0 radical (unpaired) electrons. The van der Waals surface area contributed by atoms with Crippen LogP contribution >= 0.6 is 11.6 Å². The Morgan fingerprint density at radius 3 is 2.70 bits per heavy atom. The number of piperazine rings is 1. The zero-order chi connectivity index (χ0) is 14.9. The van der Waals surface area contributed by atoms with Gasteiger partial charge in [0.15, 0.2) is 0 Å². The highest BCUT2D eigenvalue weighted by molar-refractivity contribution is 6.30. The minimum absolute atomic E-state index is 0.205. The van der Waals surface area contributed by atoms with Crippen LogP contribution in [0.3, 0.4) is 0 Å². The van der Waals surface area contributed by atoms with E-state index in [2.05, 4.69) is 37.9 Å². The van der Waals surface area contributed by atoms with Gasteiger partial charge >= 0.3 is 0 Å². The molecule has 1 aromatic carbocycles. The predicted molar refractivity (Wildman–Crippen MR) is 82.5 cm³/mol. The van der Waals surface area contributed by atoms with Crippen molar-refractivity contribution < 1.29 is 4.39 Å². The lowest BCUT2D eigenvalue weighted by Gasteiger charge is -2.46. The van der Waals surface area contributed by atoms with Crippen LogP contribution in [-0.2, 0) is 6.54 Å². The second-order valence-electron chi connectivity index (χ2n) is 6.87. The third-order valence-corrected chi connectivity index (χ3v) is 4.27. The fourth-order valence-electron chi connectivity index (χ4n) is 2.89. The van der Waals surface area contributed by atoms with Gasteiger partial charge in [-0.1, -0.05) is 38.4 Å². The predicted octanol–water partition coefficient (Wildman–Crippen LogP) is 3.69. The van der Waals surface area contributed by atoms with Crippen LogP contribution in [-0.4, -0.2) is 30.1 Å². The Hall–Kier alpha value is -0.640. The van der Waals surface area contributed by atoms with Crippen molar-refractivity contribution in [1.29, 1.82) is 0 Å². The number of hydrogen-bond donors (Lipinski definition) is 1. The molecule has 0 bridgehead atoms. The smallest absolute Gasteiger partial charge is 0.141 e. The summed E-state index contributed by atoms with van der Waals surface area (Å²) in [4.78, 5) is 2.48. The maximum atomic E-state index is 13.2. The summed E-state index contributed by atoms with van der Waals surface area (Å²) in [5.41, 5.74) is 1.27. The number of nitrogens with zero attached hydrogens (tertiary/aromatic N) is 1. The second-order valence-corrected chi connectivity index (χ2v) is 7.28. The van der Waals surface area contributed by atoms with E-state index in [9.17, 15) is 4.39 Å². The fourth-order valence-corrected chi connectivity index (χ4v) is 3.09. The van der Waals surface area contributed by atoms with E-state index in [1.165, 1.54) is 6.07 Å². The summed E-state index contributed by atoms with van der Waals surface area (Å²) in [7, 11) is 0. The zero-order valence-electron chi connectivity index (χ0n) is 12.7. The van der Waals surface area contributed by atoms with Crippen LogP contribution in [0, 0.1) is 11.2 Å². The van der Waals surface area contributed by atoms with Crippen molar-refractivity contribution in [1.82, 2.24) is 10.2 Å². The van der Waals surface area contributed by atoms with Gasteiger partial charge in [0.2, 0.25) is 0 Å². The maximum absolute atomic E-state index is 13.2. The first-order chi connectivity index (χ1) is 9.27. The maximum Gasteiger partial charge on any atom is 0.141 e. The van der Waals surface area contributed by atoms with Gasteiger partial charge < -0.3 is 5.32 Å². The Morgan fingerprint density at radius 1 is 1.40 bits per heavy atom. The summed E-state index contributed by atoms with van der Waals surface area (Å²) in [6.45, 7) is 11.8. The highest BCUT2D eigenvalue weighted by atomic mass is 35.5. The van der Waals surface area contributed by atoms with Gasteiger partial charge in [-0.15, -0.1) is 0 Å². The molecule has 2 unspecified atom stereocenters. The topological polar surface area (TPSA) is 15.3 Å². The fraction of sp³-hybridized carbons (Fsp3) is 0.625. The van der Waals surface area contributed by atoms with Gasteiger partial charge in [-0.25, -0.2) is 4.39 Å². The Kier molecular flexibility index (Phi) is 4.73. The third-order valence-electron chi connectivity index (χ3n) is 3.98. The van der Waals surface area contributed by atoms with Crippen LogP contribution in [0.4, 0.5) is 4.39 Å². The minimum atomic E-state index is -0.350. The summed E-state index contributed by atoms with van der Waals surface area (Å²) in [5.74, 6) is -0.350. The number of rotatable bonds is 2. The molecule has 0 amide bonds. The van der Waals surface area contributed by atoms with Crippen molar-refractivity contribution in [3.05, 3.63) is 34.6 Å². The van der Waals surface area contributed by atoms with E-state index in [1.54, 1.807) is 6.07 Å². The molecule has 0 aromatic heterocycles. The first-order valence-corrected chi connectivity index (χ1v) is 7.56. The molecular formula is C16H24ClFN2. The average Bonchev–Trinajstić information content (AvgIpc) is 2.32. The number of hydrogen-bond acceptors (Lipinski definition) is 2. The van der Waals surface area contributed by atoms with E-state index in [-0.39, 0.29) is 16.3 Å². The average molecular weight is 299 g/mol. The van der Waals surface area contributed by atoms with Crippen LogP contribution in [0.5, 0.6) is 0 Å². The Bertz CT molecular complexity index is 470. The Morgan fingerprint density at radius 2 is 2.10 bits per heavy atom. The van der Waals surface area contributed by atoms with Gasteiger partial charge in [-0.3, -0.25) is 4.90 Å². The van der Waals surface area contributed by atoms with E-state index < -0.39 is 0 Å². The van der Waals surface area contributed by atoms with Crippen LogP contribution < -0.4 is 5.32 Å². The van der Waals surface area contributed by atoms with Crippen molar-refractivity contribution in [2.45, 2.75) is 46.3 Å². The molecule has 0 spiro atoms. The Balaban J connectivity index is 2.16. The molecule has 0 saturated carbocycles. The molecule has 1 aromatic rings. The van der Waals surface area contributed by atoms with E-state index in [0.29, 0.717) is 12.1 Å². The monoisotopic (exact) mass is 298 g/mol. The highest BCUT2D eigenvalue weighted by Gasteiger charge is 2.34. The van der Waals surface area contributed by atoms with Crippen LogP contribution in [0.25, 0.3) is 0 Å². The summed E-state index contributed by atoms with van der Waals surface area (Å²) >= 11 is 5.88. The van der Waals surface area contributed by atoms with Crippen LogP contribution in [0.2, 0.25) is 5.02 Å².